The van der Waals surface area contributed by atoms with Crippen LogP contribution in [0.1, 0.15) is 0 Å². The molecule has 1 aliphatic heterocycles. The van der Waals surface area contributed by atoms with Crippen LogP contribution in [0, 0.1) is 0 Å². The Morgan fingerprint density at radius 1 is 1.45 bits per heavy atom. The number of nitrogens with zero attached hydrogens (tertiary/aromatic N) is 1. The number of nitrogens with one attached hydrogen (secondary N) is 1. The average Bonchev–Trinajstić information content (AvgIpc) is 2.10. The Kier molecular flexibility index (Phi) is 2.06. The highest BCUT2D eigenvalue weighted by Crippen LogP contribution is 1.94. The highest BCUT2D eigenvalue weighted by Gasteiger charge is 2.12. The monoisotopic (exact) mass is 174 g/mol. The molecule has 0 bridgehead atoms. The van der Waals surface area contributed by atoms with Gasteiger partial charge in [0.15, 0.2) is 0 Å². The van der Waals surface area contributed by atoms with E-state index in [1.165, 1.54) is 18.4 Å². The van der Waals surface area contributed by atoms with Gasteiger partial charge >= 0.3 is 10.1 Å². The Labute approximate surface area is 63.9 Å². The van der Waals surface area contributed by atoms with Crippen LogP contribution in [0.3, 0.4) is 0 Å². The number of allylic oxidation sites excluding steroid dienone is 2. The lowest BCUT2D eigenvalue weighted by Crippen LogP contribution is -2.13. The molecular weight excluding hydrogens is 168 g/mol. The van der Waals surface area contributed by atoms with Crippen molar-refractivity contribution in [2.45, 2.75) is 0 Å². The molecule has 0 amide bonds. The van der Waals surface area contributed by atoms with Crippen LogP contribution in [0.2, 0.25) is 0 Å². The summed E-state index contributed by atoms with van der Waals surface area (Å²) in [5.74, 6) is 0. The maximum atomic E-state index is 10.4. The molecule has 0 aliphatic carbocycles. The minimum Gasteiger partial charge on any atom is -0.284 e. The van der Waals surface area contributed by atoms with Gasteiger partial charge in [0.25, 0.3) is 0 Å². The summed E-state index contributed by atoms with van der Waals surface area (Å²) in [6, 6.07) is 0. The Balaban J connectivity index is 3.00. The molecule has 0 radical (unpaired) electrons. The van der Waals surface area contributed by atoms with Gasteiger partial charge in [-0.05, 0) is 12.2 Å². The van der Waals surface area contributed by atoms with Crippen LogP contribution in [-0.4, -0.2) is 18.0 Å². The number of hydrazone groups is 1. The lowest BCUT2D eigenvalue weighted by atomic mass is 10.5. The van der Waals surface area contributed by atoms with Gasteiger partial charge in [-0.15, -0.1) is 0 Å². The summed E-state index contributed by atoms with van der Waals surface area (Å²) in [7, 11) is -4.19. The maximum Gasteiger partial charge on any atom is 0.313 e. The largest absolute Gasteiger partial charge is 0.313 e. The van der Waals surface area contributed by atoms with Crippen molar-refractivity contribution in [2.75, 3.05) is 0 Å². The molecule has 0 spiro atoms. The predicted octanol–water partition coefficient (Wildman–Crippen LogP) is -0.139. The van der Waals surface area contributed by atoms with Crippen molar-refractivity contribution in [1.29, 1.82) is 0 Å². The van der Waals surface area contributed by atoms with Crippen molar-refractivity contribution in [3.63, 3.8) is 0 Å². The summed E-state index contributed by atoms with van der Waals surface area (Å²) in [5, 5.41) is 2.95. The lowest BCUT2D eigenvalue weighted by molar-refractivity contribution is 0.498. The van der Waals surface area contributed by atoms with Gasteiger partial charge in [0.05, 0.1) is 0 Å². The van der Waals surface area contributed by atoms with Gasteiger partial charge in [-0.1, -0.05) is 6.08 Å². The molecule has 0 atom stereocenters. The summed E-state index contributed by atoms with van der Waals surface area (Å²) >= 11 is 0. The van der Waals surface area contributed by atoms with E-state index in [1.54, 1.807) is 6.08 Å². The molecule has 0 unspecified atom stereocenters. The van der Waals surface area contributed by atoms with E-state index in [9.17, 15) is 8.42 Å². The molecule has 2 N–H and O–H groups in total. The van der Waals surface area contributed by atoms with Crippen LogP contribution in [0.4, 0.5) is 0 Å². The van der Waals surface area contributed by atoms with E-state index in [4.69, 9.17) is 4.55 Å². The molecule has 0 aromatic rings. The fourth-order valence-electron chi connectivity index (χ4n) is 0.518. The van der Waals surface area contributed by atoms with Gasteiger partial charge in [0.1, 0.15) is 0 Å². The SMILES string of the molecule is O=S(=O)(O)C1=NNC=CC=C1. The Morgan fingerprint density at radius 2 is 2.18 bits per heavy atom. The first-order chi connectivity index (χ1) is 5.11. The van der Waals surface area contributed by atoms with E-state index in [0.717, 1.165) is 0 Å². The molecule has 1 aliphatic rings. The van der Waals surface area contributed by atoms with Gasteiger partial charge in [0.2, 0.25) is 5.04 Å². The molecule has 60 valence electrons. The topological polar surface area (TPSA) is 78.8 Å². The van der Waals surface area contributed by atoms with Crippen LogP contribution in [-0.2, 0) is 10.1 Å². The zero-order valence-electron chi connectivity index (χ0n) is 5.43. The molecule has 0 saturated carbocycles. The van der Waals surface area contributed by atoms with E-state index in [1.807, 2.05) is 0 Å². The summed E-state index contributed by atoms with van der Waals surface area (Å²) in [6.07, 6.45) is 5.63. The second-order valence-corrected chi connectivity index (χ2v) is 3.14. The zero-order valence-corrected chi connectivity index (χ0v) is 6.25. The average molecular weight is 174 g/mol. The Bertz CT molecular complexity index is 326. The van der Waals surface area contributed by atoms with Crippen molar-refractivity contribution >= 4 is 15.2 Å². The van der Waals surface area contributed by atoms with Crippen LogP contribution >= 0.6 is 0 Å². The minimum absolute atomic E-state index is 0.400. The van der Waals surface area contributed by atoms with E-state index < -0.39 is 15.2 Å². The molecule has 11 heavy (non-hydrogen) atoms. The van der Waals surface area contributed by atoms with E-state index >= 15 is 0 Å². The van der Waals surface area contributed by atoms with Gasteiger partial charge in [-0.3, -0.25) is 9.98 Å². The standard InChI is InChI=1S/C5H6N2O3S/c8-11(9,10)5-3-1-2-4-6-7-5/h1-4,6H,(H,8,9,10). The fraction of sp³-hybridized carbons (Fsp3) is 0. The van der Waals surface area contributed by atoms with Gasteiger partial charge in [0, 0.05) is 6.20 Å². The maximum absolute atomic E-state index is 10.4. The molecule has 1 rings (SSSR count). The molecule has 5 nitrogen and oxygen atoms in total. The van der Waals surface area contributed by atoms with Crippen LogP contribution < -0.4 is 5.43 Å². The van der Waals surface area contributed by atoms with Crippen molar-refractivity contribution in [3.8, 4) is 0 Å². The van der Waals surface area contributed by atoms with E-state index in [2.05, 4.69) is 10.5 Å². The summed E-state index contributed by atoms with van der Waals surface area (Å²) in [5.41, 5.74) is 2.31. The van der Waals surface area contributed by atoms with Crippen molar-refractivity contribution in [2.24, 2.45) is 5.10 Å². The van der Waals surface area contributed by atoms with Crippen molar-refractivity contribution < 1.29 is 13.0 Å². The predicted molar refractivity (Wildman–Crippen MR) is 40.4 cm³/mol. The van der Waals surface area contributed by atoms with E-state index in [-0.39, 0.29) is 0 Å². The van der Waals surface area contributed by atoms with E-state index in [0.29, 0.717) is 0 Å². The molecular formula is C5H6N2O3S. The Hall–Kier alpha value is -1.14. The summed E-state index contributed by atoms with van der Waals surface area (Å²) in [4.78, 5) is 0. The van der Waals surface area contributed by atoms with Crippen molar-refractivity contribution in [1.82, 2.24) is 5.43 Å². The molecule has 0 fully saturated rings. The zero-order chi connectivity index (χ0) is 8.32. The number of rotatable bonds is 0. The first-order valence-electron chi connectivity index (χ1n) is 2.74. The van der Waals surface area contributed by atoms with Crippen LogP contribution in [0.5, 0.6) is 0 Å². The minimum atomic E-state index is -4.19. The second kappa shape index (κ2) is 2.85. The quantitative estimate of drug-likeness (QED) is 0.501. The van der Waals surface area contributed by atoms with Crippen molar-refractivity contribution in [3.05, 3.63) is 24.4 Å². The third-order valence-electron chi connectivity index (χ3n) is 0.960. The third-order valence-corrected chi connectivity index (χ3v) is 1.72. The molecule has 1 heterocycles. The number of hydrogen-bond donors (Lipinski definition) is 2. The Morgan fingerprint density at radius 3 is 2.82 bits per heavy atom. The first kappa shape index (κ1) is 7.96. The van der Waals surface area contributed by atoms with Gasteiger partial charge in [-0.25, -0.2) is 0 Å². The van der Waals surface area contributed by atoms with Crippen LogP contribution in [0.15, 0.2) is 29.5 Å². The summed E-state index contributed by atoms with van der Waals surface area (Å²) in [6.45, 7) is 0. The first-order valence-corrected chi connectivity index (χ1v) is 4.18. The molecule has 0 aromatic heterocycles. The number of hydrogen-bond acceptors (Lipinski definition) is 4. The lowest BCUT2D eigenvalue weighted by Gasteiger charge is -1.93. The highest BCUT2D eigenvalue weighted by molar-refractivity contribution is 8.02. The van der Waals surface area contributed by atoms with Crippen LogP contribution in [0.25, 0.3) is 0 Å². The van der Waals surface area contributed by atoms with Gasteiger partial charge in [-0.2, -0.15) is 13.5 Å². The smallest absolute Gasteiger partial charge is 0.284 e. The van der Waals surface area contributed by atoms with Gasteiger partial charge < -0.3 is 0 Å². The molecule has 6 heteroatoms. The summed E-state index contributed by atoms with van der Waals surface area (Å²) < 4.78 is 29.4. The second-order valence-electron chi connectivity index (χ2n) is 1.77. The highest BCUT2D eigenvalue weighted by atomic mass is 32.2. The normalized spacial score (nSPS) is 17.0. The third kappa shape index (κ3) is 2.17. The molecule has 0 aromatic carbocycles. The molecule has 0 saturated heterocycles. The fourth-order valence-corrected chi connectivity index (χ4v) is 0.937.